The first kappa shape index (κ1) is 8.27. The average Bonchev–Trinajstić information content (AvgIpc) is 1.80. The monoisotopic (exact) mass is 151 g/mol. The molecule has 0 aliphatic carbocycles. The number of halogens is 1. The Hall–Kier alpha value is -0.730. The van der Waals surface area contributed by atoms with Crippen molar-refractivity contribution >= 4 is 8.25 Å². The molecular weight excluding hydrogens is 146 g/mol. The van der Waals surface area contributed by atoms with Crippen molar-refractivity contribution < 1.29 is 18.4 Å². The van der Waals surface area contributed by atoms with Gasteiger partial charge in [0.15, 0.2) is 6.26 Å². The molecule has 0 heterocycles. The minimum Gasteiger partial charge on any atom is -0.237 e. The van der Waals surface area contributed by atoms with Crippen LogP contribution in [0.5, 0.6) is 0 Å². The van der Waals surface area contributed by atoms with Crippen LogP contribution in [0.25, 0.3) is 0 Å². The Morgan fingerprint density at radius 2 is 2.22 bits per heavy atom. The van der Waals surface area contributed by atoms with Crippen LogP contribution in [0, 0.1) is 0 Å². The van der Waals surface area contributed by atoms with Crippen molar-refractivity contribution in [3.05, 3.63) is 24.7 Å². The molecule has 0 fully saturated rings. The lowest BCUT2D eigenvalue weighted by Crippen LogP contribution is -1.60. The van der Waals surface area contributed by atoms with Crippen molar-refractivity contribution in [1.82, 2.24) is 0 Å². The van der Waals surface area contributed by atoms with Gasteiger partial charge in [0.1, 0.15) is 0 Å². The fraction of sp³-hybridized carbons (Fsp3) is 0. The van der Waals surface area contributed by atoms with E-state index in [2.05, 4.69) is 4.52 Å². The van der Waals surface area contributed by atoms with Crippen LogP contribution < -0.4 is 0 Å². The van der Waals surface area contributed by atoms with Crippen molar-refractivity contribution in [3.8, 4) is 0 Å². The van der Waals surface area contributed by atoms with Crippen molar-refractivity contribution in [3.63, 3.8) is 0 Å². The Bertz CT molecular complexity index is 143. The van der Waals surface area contributed by atoms with E-state index in [1.54, 1.807) is 0 Å². The summed E-state index contributed by atoms with van der Waals surface area (Å²) in [5.74, 6) is 0. The second kappa shape index (κ2) is 5.41. The maximum absolute atomic E-state index is 11.1. The van der Waals surface area contributed by atoms with E-state index in [4.69, 9.17) is 4.89 Å². The number of rotatable bonds is 3. The van der Waals surface area contributed by atoms with E-state index in [0.717, 1.165) is 18.4 Å². The van der Waals surface area contributed by atoms with Gasteiger partial charge in [-0.3, -0.25) is 0 Å². The van der Waals surface area contributed by atoms with Crippen molar-refractivity contribution in [2.75, 3.05) is 0 Å². The van der Waals surface area contributed by atoms with Crippen molar-refractivity contribution in [2.45, 2.75) is 0 Å². The van der Waals surface area contributed by atoms with Gasteiger partial charge in [-0.2, -0.15) is 0 Å². The molecule has 1 atom stereocenters. The van der Waals surface area contributed by atoms with Gasteiger partial charge in [-0.1, -0.05) is 0 Å². The van der Waals surface area contributed by atoms with E-state index < -0.39 is 8.25 Å². The van der Waals surface area contributed by atoms with Crippen LogP contribution >= 0.6 is 8.25 Å². The van der Waals surface area contributed by atoms with Crippen LogP contribution in [-0.2, 0) is 9.09 Å². The quantitative estimate of drug-likeness (QED) is 0.379. The van der Waals surface area contributed by atoms with E-state index in [0.29, 0.717) is 0 Å². The summed E-state index contributed by atoms with van der Waals surface area (Å²) >= 11 is 0. The SMILES string of the molecule is O=[P+](O)OC=CC=CF. The molecule has 0 spiro atoms. The van der Waals surface area contributed by atoms with E-state index in [-0.39, 0.29) is 6.33 Å². The third kappa shape index (κ3) is 7.27. The lowest BCUT2D eigenvalue weighted by molar-refractivity contribution is 0.378. The third-order valence-corrected chi connectivity index (χ3v) is 0.716. The van der Waals surface area contributed by atoms with Crippen LogP contribution in [0.1, 0.15) is 0 Å². The smallest absolute Gasteiger partial charge is 0.237 e. The molecule has 5 heteroatoms. The Kier molecular flexibility index (Phi) is 4.97. The highest BCUT2D eigenvalue weighted by atomic mass is 31.1. The molecule has 0 rings (SSSR count). The Morgan fingerprint density at radius 1 is 1.56 bits per heavy atom. The molecule has 0 aromatic carbocycles. The Labute approximate surface area is 52.4 Å². The van der Waals surface area contributed by atoms with Crippen LogP contribution in [0.4, 0.5) is 4.39 Å². The zero-order chi connectivity index (χ0) is 7.11. The maximum Gasteiger partial charge on any atom is 0.746 e. The van der Waals surface area contributed by atoms with Crippen LogP contribution in [0.3, 0.4) is 0 Å². The number of hydrogen-bond acceptors (Lipinski definition) is 2. The van der Waals surface area contributed by atoms with Gasteiger partial charge in [-0.25, -0.2) is 8.91 Å². The predicted molar refractivity (Wildman–Crippen MR) is 30.3 cm³/mol. The molecule has 0 aromatic heterocycles. The zero-order valence-corrected chi connectivity index (χ0v) is 5.29. The molecule has 50 valence electrons. The summed E-state index contributed by atoms with van der Waals surface area (Å²) in [6.45, 7) is 0. The molecule has 1 unspecified atom stereocenters. The lowest BCUT2D eigenvalue weighted by atomic mass is 10.6. The van der Waals surface area contributed by atoms with Gasteiger partial charge in [0.05, 0.1) is 6.33 Å². The number of hydrogen-bond donors (Lipinski definition) is 1. The fourth-order valence-corrected chi connectivity index (χ4v) is 0.349. The van der Waals surface area contributed by atoms with E-state index >= 15 is 0 Å². The first-order valence-corrected chi connectivity index (χ1v) is 3.15. The summed E-state index contributed by atoms with van der Waals surface area (Å²) in [5.41, 5.74) is 0. The average molecular weight is 151 g/mol. The normalized spacial score (nSPS) is 12.9. The van der Waals surface area contributed by atoms with E-state index in [9.17, 15) is 8.96 Å². The fourth-order valence-electron chi connectivity index (χ4n) is 0.175. The first-order valence-electron chi connectivity index (χ1n) is 2.02. The molecule has 0 aromatic rings. The van der Waals surface area contributed by atoms with Crippen LogP contribution in [0.2, 0.25) is 0 Å². The molecule has 0 bridgehead atoms. The summed E-state index contributed by atoms with van der Waals surface area (Å²) in [6, 6.07) is 0. The first-order chi connectivity index (χ1) is 4.27. The molecule has 9 heavy (non-hydrogen) atoms. The Balaban J connectivity index is 3.36. The summed E-state index contributed by atoms with van der Waals surface area (Å²) in [6.07, 6.45) is 3.39. The van der Waals surface area contributed by atoms with Gasteiger partial charge in [0, 0.05) is 4.57 Å². The van der Waals surface area contributed by atoms with Gasteiger partial charge < -0.3 is 0 Å². The zero-order valence-electron chi connectivity index (χ0n) is 4.40. The largest absolute Gasteiger partial charge is 0.746 e. The molecule has 0 amide bonds. The topological polar surface area (TPSA) is 46.5 Å². The number of allylic oxidation sites excluding steroid dienone is 2. The van der Waals surface area contributed by atoms with Gasteiger partial charge >= 0.3 is 8.25 Å². The molecule has 3 nitrogen and oxygen atoms in total. The maximum atomic E-state index is 11.1. The highest BCUT2D eigenvalue weighted by Gasteiger charge is 2.06. The predicted octanol–water partition coefficient (Wildman–Crippen LogP) is 1.65. The van der Waals surface area contributed by atoms with Crippen LogP contribution in [0.15, 0.2) is 24.7 Å². The molecule has 0 saturated carbocycles. The molecule has 0 radical (unpaired) electrons. The van der Waals surface area contributed by atoms with Gasteiger partial charge in [0.2, 0.25) is 0 Å². The minimum absolute atomic E-state index is 0.282. The molecular formula is C4H5FO3P+. The standard InChI is InChI=1S/C4H4FO3P/c5-3-1-2-4-8-9(6)7/h1-4H/p+1. The summed E-state index contributed by atoms with van der Waals surface area (Å²) < 4.78 is 24.8. The van der Waals surface area contributed by atoms with Crippen molar-refractivity contribution in [1.29, 1.82) is 0 Å². The summed E-state index contributed by atoms with van der Waals surface area (Å²) in [4.78, 5) is 7.97. The van der Waals surface area contributed by atoms with Gasteiger partial charge in [-0.15, -0.1) is 4.89 Å². The Morgan fingerprint density at radius 3 is 2.67 bits per heavy atom. The highest BCUT2D eigenvalue weighted by Crippen LogP contribution is 2.13. The molecule has 0 saturated heterocycles. The molecule has 1 N–H and O–H groups in total. The minimum atomic E-state index is -2.61. The summed E-state index contributed by atoms with van der Waals surface area (Å²) in [7, 11) is -2.61. The van der Waals surface area contributed by atoms with E-state index in [1.165, 1.54) is 0 Å². The summed E-state index contributed by atoms with van der Waals surface area (Å²) in [5, 5.41) is 0. The third-order valence-electron chi connectivity index (χ3n) is 0.413. The second-order valence-electron chi connectivity index (χ2n) is 0.990. The van der Waals surface area contributed by atoms with Gasteiger partial charge in [-0.05, 0) is 12.2 Å². The molecule has 0 aliphatic heterocycles. The highest BCUT2D eigenvalue weighted by molar-refractivity contribution is 7.32. The van der Waals surface area contributed by atoms with Gasteiger partial charge in [0.25, 0.3) is 0 Å². The second-order valence-corrected chi connectivity index (χ2v) is 1.68. The van der Waals surface area contributed by atoms with Crippen molar-refractivity contribution in [2.24, 2.45) is 0 Å². The molecule has 0 aliphatic rings. The van der Waals surface area contributed by atoms with Crippen LogP contribution in [-0.4, -0.2) is 4.89 Å². The lowest BCUT2D eigenvalue weighted by Gasteiger charge is -1.69. The van der Waals surface area contributed by atoms with E-state index in [1.807, 2.05) is 0 Å².